The molecule has 6 heteroatoms. The molecule has 0 saturated carbocycles. The molecule has 0 aliphatic carbocycles. The van der Waals surface area contributed by atoms with Gasteiger partial charge in [0.1, 0.15) is 13.2 Å². The van der Waals surface area contributed by atoms with E-state index in [4.69, 9.17) is 14.2 Å². The van der Waals surface area contributed by atoms with E-state index in [1.165, 1.54) is 186 Å². The number of unbranched alkanes of at least 4 members (excludes halogenated alkanes) is 34. The molecular formula is C52H100O6. The molecule has 0 spiro atoms. The van der Waals surface area contributed by atoms with Gasteiger partial charge in [0.05, 0.1) is 0 Å². The maximum absolute atomic E-state index is 12.8. The van der Waals surface area contributed by atoms with E-state index in [0.717, 1.165) is 63.7 Å². The molecule has 0 aromatic rings. The molecule has 344 valence electrons. The topological polar surface area (TPSA) is 78.9 Å². The van der Waals surface area contributed by atoms with E-state index in [2.05, 4.69) is 27.7 Å². The third-order valence-corrected chi connectivity index (χ3v) is 11.8. The van der Waals surface area contributed by atoms with Crippen LogP contribution in [0.25, 0.3) is 0 Å². The average molecular weight is 821 g/mol. The van der Waals surface area contributed by atoms with Crippen molar-refractivity contribution in [1.82, 2.24) is 0 Å². The number of hydrogen-bond acceptors (Lipinski definition) is 6. The van der Waals surface area contributed by atoms with Crippen molar-refractivity contribution < 1.29 is 28.6 Å². The lowest BCUT2D eigenvalue weighted by atomic mass is 10.0. The molecule has 0 saturated heterocycles. The molecule has 0 N–H and O–H groups in total. The highest BCUT2D eigenvalue weighted by molar-refractivity contribution is 5.71. The van der Waals surface area contributed by atoms with E-state index < -0.39 is 6.10 Å². The normalized spacial score (nSPS) is 11.9. The number of esters is 3. The maximum atomic E-state index is 12.8. The van der Waals surface area contributed by atoms with E-state index >= 15 is 0 Å². The Labute approximate surface area is 361 Å². The van der Waals surface area contributed by atoms with Gasteiger partial charge in [-0.15, -0.1) is 0 Å². The number of ether oxygens (including phenoxy) is 3. The van der Waals surface area contributed by atoms with Crippen LogP contribution in [0.2, 0.25) is 0 Å². The van der Waals surface area contributed by atoms with Crippen molar-refractivity contribution in [3.63, 3.8) is 0 Å². The van der Waals surface area contributed by atoms with Crippen molar-refractivity contribution in [2.75, 3.05) is 13.2 Å². The van der Waals surface area contributed by atoms with E-state index in [0.29, 0.717) is 19.3 Å². The number of rotatable bonds is 47. The number of hydrogen-bond donors (Lipinski definition) is 0. The van der Waals surface area contributed by atoms with Crippen molar-refractivity contribution in [3.05, 3.63) is 0 Å². The molecule has 1 atom stereocenters. The van der Waals surface area contributed by atoms with Crippen LogP contribution in [0.15, 0.2) is 0 Å². The summed E-state index contributed by atoms with van der Waals surface area (Å²) in [5.41, 5.74) is 0. The fraction of sp³-hybridized carbons (Fsp3) is 0.942. The first-order valence-electron chi connectivity index (χ1n) is 25.9. The van der Waals surface area contributed by atoms with Crippen LogP contribution in [-0.2, 0) is 28.6 Å². The van der Waals surface area contributed by atoms with E-state index in [1.807, 2.05) is 0 Å². The molecule has 58 heavy (non-hydrogen) atoms. The smallest absolute Gasteiger partial charge is 0.306 e. The minimum atomic E-state index is -0.761. The van der Waals surface area contributed by atoms with Crippen LogP contribution in [0.1, 0.15) is 291 Å². The van der Waals surface area contributed by atoms with Gasteiger partial charge in [-0.2, -0.15) is 0 Å². The zero-order valence-electron chi connectivity index (χ0n) is 39.5. The Balaban J connectivity index is 4.26. The van der Waals surface area contributed by atoms with Gasteiger partial charge in [-0.05, 0) is 25.2 Å². The summed E-state index contributed by atoms with van der Waals surface area (Å²) >= 11 is 0. The Hall–Kier alpha value is -1.59. The van der Waals surface area contributed by atoms with Gasteiger partial charge in [-0.25, -0.2) is 0 Å². The summed E-state index contributed by atoms with van der Waals surface area (Å²) in [6.45, 7) is 8.96. The first-order valence-corrected chi connectivity index (χ1v) is 25.9. The van der Waals surface area contributed by atoms with Gasteiger partial charge < -0.3 is 14.2 Å². The standard InChI is InChI=1S/C52H100O6/c1-5-7-9-11-13-15-17-19-21-23-24-26-28-30-35-39-43-50(53)56-46-49(47-57-51(54)44-40-36-33-32-34-38-42-48(3)4)58-52(55)45-41-37-31-29-27-25-22-20-18-16-14-12-10-8-6-2/h48-49H,5-47H2,1-4H3/t49-/m0/s1. The monoisotopic (exact) mass is 821 g/mol. The first-order chi connectivity index (χ1) is 28.4. The molecular weight excluding hydrogens is 721 g/mol. The van der Waals surface area contributed by atoms with E-state index in [1.54, 1.807) is 0 Å². The van der Waals surface area contributed by atoms with Crippen LogP contribution < -0.4 is 0 Å². The van der Waals surface area contributed by atoms with Gasteiger partial charge in [0.2, 0.25) is 0 Å². The molecule has 6 nitrogen and oxygen atoms in total. The second-order valence-corrected chi connectivity index (χ2v) is 18.3. The van der Waals surface area contributed by atoms with Gasteiger partial charge in [-0.1, -0.05) is 252 Å². The van der Waals surface area contributed by atoms with Gasteiger partial charge in [0, 0.05) is 19.3 Å². The van der Waals surface area contributed by atoms with Crippen LogP contribution in [-0.4, -0.2) is 37.2 Å². The lowest BCUT2D eigenvalue weighted by Crippen LogP contribution is -2.30. The predicted molar refractivity (Wildman–Crippen MR) is 247 cm³/mol. The summed E-state index contributed by atoms with van der Waals surface area (Å²) in [4.78, 5) is 37.9. The number of carbonyl (C=O) groups is 3. The van der Waals surface area contributed by atoms with Crippen LogP contribution in [0.4, 0.5) is 0 Å². The predicted octanol–water partition coefficient (Wildman–Crippen LogP) is 16.7. The fourth-order valence-electron chi connectivity index (χ4n) is 7.86. The van der Waals surface area contributed by atoms with E-state index in [-0.39, 0.29) is 31.1 Å². The van der Waals surface area contributed by atoms with Gasteiger partial charge in [0.15, 0.2) is 6.10 Å². The highest BCUT2D eigenvalue weighted by Gasteiger charge is 2.19. The molecule has 0 bridgehead atoms. The van der Waals surface area contributed by atoms with Crippen LogP contribution >= 0.6 is 0 Å². The van der Waals surface area contributed by atoms with Crippen molar-refractivity contribution in [2.45, 2.75) is 297 Å². The van der Waals surface area contributed by atoms with Crippen LogP contribution in [0, 0.1) is 5.92 Å². The summed E-state index contributed by atoms with van der Waals surface area (Å²) in [5, 5.41) is 0. The first kappa shape index (κ1) is 56.4. The minimum Gasteiger partial charge on any atom is -0.462 e. The highest BCUT2D eigenvalue weighted by atomic mass is 16.6. The molecule has 0 fully saturated rings. The fourth-order valence-corrected chi connectivity index (χ4v) is 7.86. The van der Waals surface area contributed by atoms with Crippen molar-refractivity contribution in [1.29, 1.82) is 0 Å². The Morgan fingerprint density at radius 1 is 0.328 bits per heavy atom. The van der Waals surface area contributed by atoms with Crippen LogP contribution in [0.5, 0.6) is 0 Å². The summed E-state index contributed by atoms with van der Waals surface area (Å²) in [7, 11) is 0. The largest absolute Gasteiger partial charge is 0.462 e. The summed E-state index contributed by atoms with van der Waals surface area (Å²) in [5.74, 6) is -0.0858. The SMILES string of the molecule is CCCCCCCCCCCCCCCCCCC(=O)OC[C@@H](COC(=O)CCCCCCCCC(C)C)OC(=O)CCCCCCCCCCCCCCCCC. The quantitative estimate of drug-likeness (QED) is 0.0346. The third kappa shape index (κ3) is 45.5. The highest BCUT2D eigenvalue weighted by Crippen LogP contribution is 2.17. The van der Waals surface area contributed by atoms with Crippen molar-refractivity contribution in [3.8, 4) is 0 Å². The second kappa shape index (κ2) is 46.5. The summed E-state index contributed by atoms with van der Waals surface area (Å²) in [6, 6.07) is 0. The van der Waals surface area contributed by atoms with Crippen molar-refractivity contribution >= 4 is 17.9 Å². The Morgan fingerprint density at radius 3 is 0.845 bits per heavy atom. The molecule has 0 aromatic heterocycles. The Bertz CT molecular complexity index is 872. The average Bonchev–Trinajstić information content (AvgIpc) is 3.21. The van der Waals surface area contributed by atoms with Crippen molar-refractivity contribution in [2.24, 2.45) is 5.92 Å². The van der Waals surface area contributed by atoms with Gasteiger partial charge in [0.25, 0.3) is 0 Å². The van der Waals surface area contributed by atoms with E-state index in [9.17, 15) is 14.4 Å². The number of carbonyl (C=O) groups excluding carboxylic acids is 3. The zero-order valence-corrected chi connectivity index (χ0v) is 39.5. The zero-order chi connectivity index (χ0) is 42.4. The van der Waals surface area contributed by atoms with Crippen LogP contribution in [0.3, 0.4) is 0 Å². The lowest BCUT2D eigenvalue weighted by Gasteiger charge is -2.18. The third-order valence-electron chi connectivity index (χ3n) is 11.8. The molecule has 0 aromatic carbocycles. The Morgan fingerprint density at radius 2 is 0.569 bits per heavy atom. The molecule has 0 radical (unpaired) electrons. The molecule has 0 aliphatic rings. The molecule has 0 heterocycles. The molecule has 0 unspecified atom stereocenters. The van der Waals surface area contributed by atoms with Gasteiger partial charge in [-0.3, -0.25) is 14.4 Å². The summed E-state index contributed by atoms with van der Waals surface area (Å²) < 4.78 is 16.8. The molecule has 0 rings (SSSR count). The summed E-state index contributed by atoms with van der Waals surface area (Å²) in [6.07, 6.45) is 48.1. The Kier molecular flexibility index (Phi) is 45.2. The lowest BCUT2D eigenvalue weighted by molar-refractivity contribution is -0.167. The second-order valence-electron chi connectivity index (χ2n) is 18.3. The van der Waals surface area contributed by atoms with Gasteiger partial charge >= 0.3 is 17.9 Å². The molecule has 0 amide bonds. The molecule has 0 aliphatic heterocycles. The maximum Gasteiger partial charge on any atom is 0.306 e. The minimum absolute atomic E-state index is 0.0635.